The average molecular weight is 492 g/mol. The summed E-state index contributed by atoms with van der Waals surface area (Å²) >= 11 is 0. The van der Waals surface area contributed by atoms with Gasteiger partial charge in [0, 0.05) is 32.3 Å². The number of benzene rings is 2. The number of carbonyl (C=O) groups excluding carboxylic acids is 2. The van der Waals surface area contributed by atoms with Gasteiger partial charge >= 0.3 is 0 Å². The van der Waals surface area contributed by atoms with Gasteiger partial charge in [-0.2, -0.15) is 4.31 Å². The van der Waals surface area contributed by atoms with Crippen LogP contribution in [0.4, 0.5) is 4.39 Å². The molecule has 2 aromatic carbocycles. The van der Waals surface area contributed by atoms with E-state index in [2.05, 4.69) is 10.6 Å². The smallest absolute Gasteiger partial charge is 0.251 e. The predicted octanol–water partition coefficient (Wildman–Crippen LogP) is 2.10. The van der Waals surface area contributed by atoms with Gasteiger partial charge in [0.05, 0.1) is 11.5 Å². The second-order valence-corrected chi connectivity index (χ2v) is 10.2. The molecule has 2 amide bonds. The van der Waals surface area contributed by atoms with Gasteiger partial charge < -0.3 is 15.4 Å². The lowest BCUT2D eigenvalue weighted by molar-refractivity contribution is -0.124. The van der Waals surface area contributed by atoms with E-state index in [1.165, 1.54) is 35.7 Å². The first kappa shape index (κ1) is 25.8. The van der Waals surface area contributed by atoms with Crippen LogP contribution < -0.4 is 10.6 Å². The molecule has 10 heteroatoms. The third-order valence-corrected chi connectivity index (χ3v) is 7.82. The molecular formula is C24H30FN3O5S. The molecule has 0 bridgehead atoms. The Kier molecular flexibility index (Phi) is 8.76. The fourth-order valence-electron chi connectivity index (χ4n) is 3.92. The number of piperidine rings is 1. The summed E-state index contributed by atoms with van der Waals surface area (Å²) in [5.74, 6) is -1.60. The van der Waals surface area contributed by atoms with Crippen molar-refractivity contribution in [2.75, 3.05) is 33.4 Å². The number of hydrogen-bond acceptors (Lipinski definition) is 5. The highest BCUT2D eigenvalue weighted by Crippen LogP contribution is 2.26. The number of hydrogen-bond donors (Lipinski definition) is 2. The summed E-state index contributed by atoms with van der Waals surface area (Å²) in [6.45, 7) is 2.95. The number of nitrogens with one attached hydrogen (secondary N) is 2. The number of ether oxygens (including phenoxy) is 1. The molecule has 2 N–H and O–H groups in total. The second kappa shape index (κ2) is 11.5. The molecule has 1 aliphatic heterocycles. The SMILES string of the molecule is COCCNC(=O)C(NC(=O)c1ccc(F)cc1)C1CCN(S(=O)(=O)c2ccc(C)cc2)CC1. The zero-order valence-electron chi connectivity index (χ0n) is 19.3. The van der Waals surface area contributed by atoms with Crippen LogP contribution >= 0.6 is 0 Å². The maximum atomic E-state index is 13.2. The summed E-state index contributed by atoms with van der Waals surface area (Å²) in [5.41, 5.74) is 1.20. The Morgan fingerprint density at radius 3 is 2.29 bits per heavy atom. The Hall–Kier alpha value is -2.82. The molecule has 0 radical (unpaired) electrons. The normalized spacial score (nSPS) is 16.1. The summed E-state index contributed by atoms with van der Waals surface area (Å²) in [4.78, 5) is 25.9. The minimum Gasteiger partial charge on any atom is -0.383 e. The van der Waals surface area contributed by atoms with E-state index >= 15 is 0 Å². The van der Waals surface area contributed by atoms with Crippen molar-refractivity contribution in [1.29, 1.82) is 0 Å². The Balaban J connectivity index is 1.71. The summed E-state index contributed by atoms with van der Waals surface area (Å²) in [6.07, 6.45) is 0.800. The minimum atomic E-state index is -3.64. The van der Waals surface area contributed by atoms with Crippen molar-refractivity contribution in [2.24, 2.45) is 5.92 Å². The number of nitrogens with zero attached hydrogens (tertiary/aromatic N) is 1. The fraction of sp³-hybridized carbons (Fsp3) is 0.417. The zero-order chi connectivity index (χ0) is 24.7. The Morgan fingerprint density at radius 2 is 1.71 bits per heavy atom. The van der Waals surface area contributed by atoms with E-state index in [4.69, 9.17) is 4.74 Å². The van der Waals surface area contributed by atoms with Crippen molar-refractivity contribution >= 4 is 21.8 Å². The number of sulfonamides is 1. The van der Waals surface area contributed by atoms with Crippen LogP contribution in [0.1, 0.15) is 28.8 Å². The molecule has 3 rings (SSSR count). The van der Waals surface area contributed by atoms with E-state index in [9.17, 15) is 22.4 Å². The highest BCUT2D eigenvalue weighted by Gasteiger charge is 2.36. The lowest BCUT2D eigenvalue weighted by atomic mass is 9.89. The van der Waals surface area contributed by atoms with E-state index in [-0.39, 0.29) is 41.9 Å². The van der Waals surface area contributed by atoms with Gasteiger partial charge in [0.25, 0.3) is 5.91 Å². The van der Waals surface area contributed by atoms with Gasteiger partial charge in [0.15, 0.2) is 0 Å². The van der Waals surface area contributed by atoms with Crippen LogP contribution in [-0.4, -0.2) is 63.9 Å². The molecule has 0 aromatic heterocycles. The lowest BCUT2D eigenvalue weighted by Crippen LogP contribution is -2.54. The molecule has 1 unspecified atom stereocenters. The third kappa shape index (κ3) is 6.40. The Labute approximate surface area is 199 Å². The van der Waals surface area contributed by atoms with Crippen LogP contribution in [0, 0.1) is 18.7 Å². The van der Waals surface area contributed by atoms with Crippen molar-refractivity contribution in [3.8, 4) is 0 Å². The van der Waals surface area contributed by atoms with Gasteiger partial charge in [0.1, 0.15) is 11.9 Å². The molecule has 1 atom stereocenters. The van der Waals surface area contributed by atoms with Crippen LogP contribution in [0.3, 0.4) is 0 Å². The number of halogens is 1. The third-order valence-electron chi connectivity index (χ3n) is 5.91. The number of aryl methyl sites for hydroxylation is 1. The van der Waals surface area contributed by atoms with Crippen molar-refractivity contribution in [2.45, 2.75) is 30.7 Å². The molecule has 184 valence electrons. The second-order valence-electron chi connectivity index (χ2n) is 8.30. The number of rotatable bonds is 9. The molecule has 34 heavy (non-hydrogen) atoms. The van der Waals surface area contributed by atoms with Gasteiger partial charge in [-0.25, -0.2) is 12.8 Å². The molecule has 1 heterocycles. The molecular weight excluding hydrogens is 461 g/mol. The minimum absolute atomic E-state index is 0.231. The average Bonchev–Trinajstić information content (AvgIpc) is 2.83. The first-order valence-corrected chi connectivity index (χ1v) is 12.6. The monoisotopic (exact) mass is 491 g/mol. The van der Waals surface area contributed by atoms with Gasteiger partial charge in [0.2, 0.25) is 15.9 Å². The first-order valence-electron chi connectivity index (χ1n) is 11.1. The quantitative estimate of drug-likeness (QED) is 0.523. The maximum absolute atomic E-state index is 13.2. The molecule has 8 nitrogen and oxygen atoms in total. The van der Waals surface area contributed by atoms with E-state index in [1.807, 2.05) is 6.92 Å². The van der Waals surface area contributed by atoms with Crippen molar-refractivity contribution in [3.63, 3.8) is 0 Å². The van der Waals surface area contributed by atoms with Gasteiger partial charge in [-0.1, -0.05) is 17.7 Å². The van der Waals surface area contributed by atoms with E-state index in [0.717, 1.165) is 5.56 Å². The van der Waals surface area contributed by atoms with E-state index < -0.39 is 27.8 Å². The topological polar surface area (TPSA) is 105 Å². The summed E-state index contributed by atoms with van der Waals surface area (Å²) in [6, 6.07) is 10.9. The summed E-state index contributed by atoms with van der Waals surface area (Å²) in [5, 5.41) is 5.51. The van der Waals surface area contributed by atoms with Crippen LogP contribution in [0.15, 0.2) is 53.4 Å². The standard InChI is InChI=1S/C24H30FN3O5S/c1-17-3-9-21(10-4-17)34(31,32)28-14-11-18(12-15-28)22(24(30)26-13-16-33-2)27-23(29)19-5-7-20(25)8-6-19/h3-10,18,22H,11-16H2,1-2H3,(H,26,30)(H,27,29). The molecule has 0 saturated carbocycles. The lowest BCUT2D eigenvalue weighted by Gasteiger charge is -2.35. The molecule has 2 aromatic rings. The number of amides is 2. The predicted molar refractivity (Wildman–Crippen MR) is 125 cm³/mol. The Bertz CT molecular complexity index is 1080. The molecule has 1 saturated heterocycles. The number of carbonyl (C=O) groups is 2. The van der Waals surface area contributed by atoms with Gasteiger partial charge in [-0.05, 0) is 62.1 Å². The van der Waals surface area contributed by atoms with Crippen LogP contribution in [0.25, 0.3) is 0 Å². The molecule has 1 aliphatic rings. The Morgan fingerprint density at radius 1 is 1.09 bits per heavy atom. The number of methoxy groups -OCH3 is 1. The summed E-state index contributed by atoms with van der Waals surface area (Å²) in [7, 11) is -2.12. The molecule has 0 spiro atoms. The maximum Gasteiger partial charge on any atom is 0.251 e. The molecule has 0 aliphatic carbocycles. The van der Waals surface area contributed by atoms with Crippen molar-refractivity contribution in [3.05, 3.63) is 65.5 Å². The van der Waals surface area contributed by atoms with Crippen LogP contribution in [0.5, 0.6) is 0 Å². The van der Waals surface area contributed by atoms with Crippen LogP contribution in [-0.2, 0) is 19.6 Å². The van der Waals surface area contributed by atoms with Gasteiger partial charge in [-0.3, -0.25) is 9.59 Å². The highest BCUT2D eigenvalue weighted by molar-refractivity contribution is 7.89. The van der Waals surface area contributed by atoms with E-state index in [1.54, 1.807) is 24.3 Å². The van der Waals surface area contributed by atoms with Gasteiger partial charge in [-0.15, -0.1) is 0 Å². The zero-order valence-corrected chi connectivity index (χ0v) is 20.1. The fourth-order valence-corrected chi connectivity index (χ4v) is 5.39. The summed E-state index contributed by atoms with van der Waals surface area (Å²) < 4.78 is 45.6. The van der Waals surface area contributed by atoms with Crippen LogP contribution in [0.2, 0.25) is 0 Å². The molecule has 1 fully saturated rings. The highest BCUT2D eigenvalue weighted by atomic mass is 32.2. The largest absolute Gasteiger partial charge is 0.383 e. The van der Waals surface area contributed by atoms with Crippen molar-refractivity contribution < 1.29 is 27.1 Å². The van der Waals surface area contributed by atoms with Crippen molar-refractivity contribution in [1.82, 2.24) is 14.9 Å². The van der Waals surface area contributed by atoms with E-state index in [0.29, 0.717) is 19.4 Å². The first-order chi connectivity index (χ1) is 16.2.